The minimum Gasteiger partial charge on any atom is -0.465 e. The molecule has 0 saturated heterocycles. The Morgan fingerprint density at radius 3 is 2.48 bits per heavy atom. The van der Waals surface area contributed by atoms with E-state index in [-0.39, 0.29) is 5.97 Å². The zero-order chi connectivity index (χ0) is 14.7. The molecule has 3 heteroatoms. The number of esters is 1. The van der Waals surface area contributed by atoms with E-state index in [1.54, 1.807) is 0 Å². The lowest BCUT2D eigenvalue weighted by molar-refractivity contribution is 0.0600. The van der Waals surface area contributed by atoms with Crippen LogP contribution in [-0.2, 0) is 4.74 Å². The first-order chi connectivity index (χ1) is 10.3. The summed E-state index contributed by atoms with van der Waals surface area (Å²) in [7, 11) is 1.40. The van der Waals surface area contributed by atoms with Gasteiger partial charge in [0.25, 0.3) is 0 Å². The van der Waals surface area contributed by atoms with Gasteiger partial charge in [-0.25, -0.2) is 4.79 Å². The molecule has 1 aliphatic heterocycles. The minimum atomic E-state index is -0.290. The molecule has 110 valence electrons. The summed E-state index contributed by atoms with van der Waals surface area (Å²) >= 11 is 0. The molecule has 1 heterocycles. The molecule has 21 heavy (non-hydrogen) atoms. The number of hydrogen-bond acceptors (Lipinski definition) is 3. The standard InChI is InChI=1S/C18H21NO2/c1-21-18(20)16-8-6-14(7-9-16)15-10-12-19(13-11-15)17-4-2-3-5-17/h6-12,17H,2-5,13H2,1H3. The van der Waals surface area contributed by atoms with Crippen LogP contribution in [0.15, 0.2) is 42.6 Å². The lowest BCUT2D eigenvalue weighted by Gasteiger charge is -2.29. The van der Waals surface area contributed by atoms with Crippen LogP contribution in [0, 0.1) is 0 Å². The van der Waals surface area contributed by atoms with E-state index in [1.807, 2.05) is 24.3 Å². The van der Waals surface area contributed by atoms with Crippen molar-refractivity contribution in [3.8, 4) is 0 Å². The molecule has 3 rings (SSSR count). The van der Waals surface area contributed by atoms with Crippen molar-refractivity contribution >= 4 is 11.5 Å². The van der Waals surface area contributed by atoms with E-state index < -0.39 is 0 Å². The van der Waals surface area contributed by atoms with Gasteiger partial charge in [0.1, 0.15) is 0 Å². The van der Waals surface area contributed by atoms with Crippen molar-refractivity contribution in [1.29, 1.82) is 0 Å². The van der Waals surface area contributed by atoms with Gasteiger partial charge in [-0.2, -0.15) is 0 Å². The molecule has 1 saturated carbocycles. The highest BCUT2D eigenvalue weighted by atomic mass is 16.5. The SMILES string of the molecule is COC(=O)c1ccc(C2=CCN(C3CCCC3)C=C2)cc1. The number of benzene rings is 1. The first kappa shape index (κ1) is 13.9. The molecule has 0 bridgehead atoms. The Kier molecular flexibility index (Phi) is 4.09. The van der Waals surface area contributed by atoms with Gasteiger partial charge in [-0.15, -0.1) is 0 Å². The van der Waals surface area contributed by atoms with Crippen LogP contribution < -0.4 is 0 Å². The summed E-state index contributed by atoms with van der Waals surface area (Å²) in [5.74, 6) is -0.290. The number of carbonyl (C=O) groups is 1. The lowest BCUT2D eigenvalue weighted by Crippen LogP contribution is -2.29. The van der Waals surface area contributed by atoms with Gasteiger partial charge in [0.2, 0.25) is 0 Å². The molecule has 1 fully saturated rings. The molecule has 0 aromatic heterocycles. The third-order valence-corrected chi connectivity index (χ3v) is 4.40. The largest absolute Gasteiger partial charge is 0.465 e. The van der Waals surface area contributed by atoms with Crippen molar-refractivity contribution in [2.45, 2.75) is 31.7 Å². The van der Waals surface area contributed by atoms with Crippen molar-refractivity contribution in [3.05, 3.63) is 53.7 Å². The Morgan fingerprint density at radius 1 is 1.19 bits per heavy atom. The van der Waals surface area contributed by atoms with Crippen LogP contribution >= 0.6 is 0 Å². The van der Waals surface area contributed by atoms with Gasteiger partial charge in [-0.3, -0.25) is 0 Å². The van der Waals surface area contributed by atoms with Crippen molar-refractivity contribution in [2.75, 3.05) is 13.7 Å². The van der Waals surface area contributed by atoms with Gasteiger partial charge in [-0.05, 0) is 42.2 Å². The summed E-state index contributed by atoms with van der Waals surface area (Å²) < 4.78 is 4.72. The van der Waals surface area contributed by atoms with Gasteiger partial charge in [0.15, 0.2) is 0 Å². The van der Waals surface area contributed by atoms with E-state index in [4.69, 9.17) is 4.74 Å². The van der Waals surface area contributed by atoms with Crippen molar-refractivity contribution in [2.24, 2.45) is 0 Å². The Labute approximate surface area is 125 Å². The maximum absolute atomic E-state index is 11.4. The van der Waals surface area contributed by atoms with E-state index in [1.165, 1.54) is 38.4 Å². The van der Waals surface area contributed by atoms with Crippen LogP contribution in [0.3, 0.4) is 0 Å². The summed E-state index contributed by atoms with van der Waals surface area (Å²) in [6.07, 6.45) is 12.0. The van der Waals surface area contributed by atoms with Crippen LogP contribution in [0.5, 0.6) is 0 Å². The van der Waals surface area contributed by atoms with Crippen LogP contribution in [0.2, 0.25) is 0 Å². The van der Waals surface area contributed by atoms with E-state index in [0.29, 0.717) is 5.56 Å². The molecule has 0 atom stereocenters. The fourth-order valence-electron chi connectivity index (χ4n) is 3.15. The fraction of sp³-hybridized carbons (Fsp3) is 0.389. The number of ether oxygens (including phenoxy) is 1. The molecule has 1 aliphatic carbocycles. The number of allylic oxidation sites excluding steroid dienone is 2. The highest BCUT2D eigenvalue weighted by Gasteiger charge is 2.20. The first-order valence-electron chi connectivity index (χ1n) is 7.61. The second-order valence-electron chi connectivity index (χ2n) is 5.68. The summed E-state index contributed by atoms with van der Waals surface area (Å²) in [5.41, 5.74) is 2.96. The van der Waals surface area contributed by atoms with E-state index in [2.05, 4.69) is 23.3 Å². The molecule has 0 amide bonds. The van der Waals surface area contributed by atoms with Gasteiger partial charge in [0.05, 0.1) is 12.7 Å². The van der Waals surface area contributed by atoms with Crippen molar-refractivity contribution in [1.82, 2.24) is 4.90 Å². The average molecular weight is 283 g/mol. The maximum Gasteiger partial charge on any atom is 0.337 e. The minimum absolute atomic E-state index is 0.290. The second kappa shape index (κ2) is 6.17. The molecular formula is C18H21NO2. The predicted octanol–water partition coefficient (Wildman–Crippen LogP) is 3.63. The maximum atomic E-state index is 11.4. The highest BCUT2D eigenvalue weighted by Crippen LogP contribution is 2.27. The second-order valence-corrected chi connectivity index (χ2v) is 5.68. The number of carbonyl (C=O) groups excluding carboxylic acids is 1. The van der Waals surface area contributed by atoms with Gasteiger partial charge in [0, 0.05) is 18.8 Å². The highest BCUT2D eigenvalue weighted by molar-refractivity contribution is 5.90. The summed E-state index contributed by atoms with van der Waals surface area (Å²) in [6.45, 7) is 0.981. The summed E-state index contributed by atoms with van der Waals surface area (Å²) in [5, 5.41) is 0. The zero-order valence-corrected chi connectivity index (χ0v) is 12.4. The van der Waals surface area contributed by atoms with Crippen molar-refractivity contribution in [3.63, 3.8) is 0 Å². The number of methoxy groups -OCH3 is 1. The van der Waals surface area contributed by atoms with E-state index in [0.717, 1.165) is 18.2 Å². The van der Waals surface area contributed by atoms with Crippen molar-refractivity contribution < 1.29 is 9.53 Å². The molecular weight excluding hydrogens is 262 g/mol. The lowest BCUT2D eigenvalue weighted by atomic mass is 10.0. The summed E-state index contributed by atoms with van der Waals surface area (Å²) in [6, 6.07) is 8.32. The Bertz CT molecular complexity index is 565. The zero-order valence-electron chi connectivity index (χ0n) is 12.4. The molecule has 0 unspecified atom stereocenters. The van der Waals surface area contributed by atoms with Crippen LogP contribution in [-0.4, -0.2) is 30.6 Å². The Hall–Kier alpha value is -2.03. The molecule has 1 aromatic carbocycles. The molecule has 0 spiro atoms. The number of nitrogens with zero attached hydrogens (tertiary/aromatic N) is 1. The van der Waals surface area contributed by atoms with Crippen LogP contribution in [0.4, 0.5) is 0 Å². The molecule has 0 N–H and O–H groups in total. The first-order valence-corrected chi connectivity index (χ1v) is 7.61. The van der Waals surface area contributed by atoms with Gasteiger partial charge in [-0.1, -0.05) is 31.1 Å². The smallest absolute Gasteiger partial charge is 0.337 e. The molecule has 1 aromatic rings. The predicted molar refractivity (Wildman–Crippen MR) is 83.9 cm³/mol. The number of hydrogen-bond donors (Lipinski definition) is 0. The average Bonchev–Trinajstić information content (AvgIpc) is 3.09. The monoisotopic (exact) mass is 283 g/mol. The fourth-order valence-corrected chi connectivity index (χ4v) is 3.15. The third kappa shape index (κ3) is 3.02. The normalized spacial score (nSPS) is 18.7. The molecule has 3 nitrogen and oxygen atoms in total. The van der Waals surface area contributed by atoms with Gasteiger partial charge < -0.3 is 9.64 Å². The van der Waals surface area contributed by atoms with E-state index in [9.17, 15) is 4.79 Å². The number of rotatable bonds is 3. The Morgan fingerprint density at radius 2 is 1.90 bits per heavy atom. The van der Waals surface area contributed by atoms with Gasteiger partial charge >= 0.3 is 5.97 Å². The Balaban J connectivity index is 1.68. The third-order valence-electron chi connectivity index (χ3n) is 4.40. The topological polar surface area (TPSA) is 29.5 Å². The molecule has 2 aliphatic rings. The molecule has 0 radical (unpaired) electrons. The quantitative estimate of drug-likeness (QED) is 0.793. The summed E-state index contributed by atoms with van der Waals surface area (Å²) in [4.78, 5) is 13.9. The van der Waals surface area contributed by atoms with E-state index >= 15 is 0 Å². The van der Waals surface area contributed by atoms with Crippen LogP contribution in [0.25, 0.3) is 5.57 Å². The van der Waals surface area contributed by atoms with Crippen LogP contribution in [0.1, 0.15) is 41.6 Å².